The van der Waals surface area contributed by atoms with Crippen molar-refractivity contribution in [3.05, 3.63) is 81.6 Å². The summed E-state index contributed by atoms with van der Waals surface area (Å²) in [6, 6.07) is 17.6. The van der Waals surface area contributed by atoms with Gasteiger partial charge >= 0.3 is 0 Å². The third-order valence-corrected chi connectivity index (χ3v) is 5.70. The Balaban J connectivity index is 1.38. The first-order chi connectivity index (χ1) is 14.6. The fourth-order valence-electron chi connectivity index (χ4n) is 3.00. The maximum absolute atomic E-state index is 12.6. The molecule has 0 spiro atoms. The molecule has 2 N–H and O–H groups in total. The van der Waals surface area contributed by atoms with Crippen LogP contribution in [-0.4, -0.2) is 33.2 Å². The van der Waals surface area contributed by atoms with Gasteiger partial charge in [-0.3, -0.25) is 9.89 Å². The molecule has 4 rings (SSSR count). The standard InChI is InChI=1S/C22H21N5O2S/c1-14-20(30-19(24-14)12-15-6-4-3-5-7-15)22(28)23-13-18-25-21(27-26-18)16-8-10-17(29-2)11-9-16/h3-11H,12-13H2,1-2H3,(H,23,28)(H,25,26,27). The lowest BCUT2D eigenvalue weighted by molar-refractivity contribution is 0.0953. The third kappa shape index (κ3) is 4.55. The van der Waals surface area contributed by atoms with Gasteiger partial charge in [-0.1, -0.05) is 30.3 Å². The molecule has 152 valence electrons. The van der Waals surface area contributed by atoms with Crippen LogP contribution in [-0.2, 0) is 13.0 Å². The van der Waals surface area contributed by atoms with Gasteiger partial charge in [0.15, 0.2) is 5.82 Å². The van der Waals surface area contributed by atoms with Crippen molar-refractivity contribution in [1.82, 2.24) is 25.5 Å². The van der Waals surface area contributed by atoms with Crippen molar-refractivity contribution in [2.24, 2.45) is 0 Å². The number of benzene rings is 2. The second kappa shape index (κ2) is 8.87. The molecule has 0 aliphatic rings. The molecule has 2 aromatic heterocycles. The molecule has 0 bridgehead atoms. The molecule has 0 saturated heterocycles. The molecule has 0 radical (unpaired) electrons. The molecule has 8 heteroatoms. The second-order valence-corrected chi connectivity index (χ2v) is 7.79. The number of H-pyrrole nitrogens is 1. The minimum atomic E-state index is -0.160. The number of hydrogen-bond donors (Lipinski definition) is 2. The van der Waals surface area contributed by atoms with Crippen LogP contribution in [0.25, 0.3) is 11.4 Å². The van der Waals surface area contributed by atoms with Crippen LogP contribution < -0.4 is 10.1 Å². The number of methoxy groups -OCH3 is 1. The summed E-state index contributed by atoms with van der Waals surface area (Å²) in [5, 5.41) is 10.9. The predicted octanol–water partition coefficient (Wildman–Crippen LogP) is 3.77. The molecular weight excluding hydrogens is 398 g/mol. The number of rotatable bonds is 7. The Kier molecular flexibility index (Phi) is 5.85. The fourth-order valence-corrected chi connectivity index (χ4v) is 4.01. The normalized spacial score (nSPS) is 10.7. The van der Waals surface area contributed by atoms with Crippen LogP contribution >= 0.6 is 11.3 Å². The van der Waals surface area contributed by atoms with Crippen molar-refractivity contribution < 1.29 is 9.53 Å². The lowest BCUT2D eigenvalue weighted by Crippen LogP contribution is -2.23. The summed E-state index contributed by atoms with van der Waals surface area (Å²) in [4.78, 5) is 22.3. The van der Waals surface area contributed by atoms with Gasteiger partial charge in [0.25, 0.3) is 5.91 Å². The van der Waals surface area contributed by atoms with Crippen LogP contribution in [0.15, 0.2) is 54.6 Å². The van der Waals surface area contributed by atoms with E-state index in [1.807, 2.05) is 49.4 Å². The van der Waals surface area contributed by atoms with Gasteiger partial charge in [0.2, 0.25) is 0 Å². The van der Waals surface area contributed by atoms with Gasteiger partial charge in [0, 0.05) is 12.0 Å². The first kappa shape index (κ1) is 19.8. The number of thiazole rings is 1. The molecule has 0 unspecified atom stereocenters. The zero-order valence-corrected chi connectivity index (χ0v) is 17.5. The Labute approximate surface area is 178 Å². The van der Waals surface area contributed by atoms with E-state index < -0.39 is 0 Å². The van der Waals surface area contributed by atoms with Crippen LogP contribution in [0.4, 0.5) is 0 Å². The number of aromatic nitrogens is 4. The highest BCUT2D eigenvalue weighted by molar-refractivity contribution is 7.13. The van der Waals surface area contributed by atoms with Crippen LogP contribution in [0, 0.1) is 6.92 Å². The van der Waals surface area contributed by atoms with Gasteiger partial charge in [-0.15, -0.1) is 11.3 Å². The van der Waals surface area contributed by atoms with E-state index in [4.69, 9.17) is 4.74 Å². The number of carbonyl (C=O) groups is 1. The summed E-state index contributed by atoms with van der Waals surface area (Å²) in [7, 11) is 1.62. The zero-order valence-electron chi connectivity index (χ0n) is 16.7. The number of nitrogens with one attached hydrogen (secondary N) is 2. The van der Waals surface area contributed by atoms with E-state index >= 15 is 0 Å². The minimum Gasteiger partial charge on any atom is -0.497 e. The van der Waals surface area contributed by atoms with Crippen molar-refractivity contribution >= 4 is 17.2 Å². The van der Waals surface area contributed by atoms with Crippen molar-refractivity contribution in [2.45, 2.75) is 19.9 Å². The van der Waals surface area contributed by atoms with Crippen molar-refractivity contribution in [1.29, 1.82) is 0 Å². The van der Waals surface area contributed by atoms with E-state index in [1.54, 1.807) is 7.11 Å². The summed E-state index contributed by atoms with van der Waals surface area (Å²) in [6.07, 6.45) is 0.715. The molecule has 2 aromatic carbocycles. The third-order valence-electron chi connectivity index (χ3n) is 4.54. The second-order valence-electron chi connectivity index (χ2n) is 6.70. The van der Waals surface area contributed by atoms with E-state index in [0.717, 1.165) is 22.0 Å². The monoisotopic (exact) mass is 419 g/mol. The summed E-state index contributed by atoms with van der Waals surface area (Å²) >= 11 is 1.42. The summed E-state index contributed by atoms with van der Waals surface area (Å²) in [5.74, 6) is 1.77. The number of ether oxygens (including phenoxy) is 1. The molecule has 0 aliphatic heterocycles. The van der Waals surface area contributed by atoms with Gasteiger partial charge < -0.3 is 10.1 Å². The van der Waals surface area contributed by atoms with Gasteiger partial charge in [-0.05, 0) is 36.8 Å². The van der Waals surface area contributed by atoms with E-state index in [2.05, 4.69) is 37.6 Å². The maximum Gasteiger partial charge on any atom is 0.263 e. The van der Waals surface area contributed by atoms with E-state index in [9.17, 15) is 4.79 Å². The van der Waals surface area contributed by atoms with Crippen LogP contribution in [0.5, 0.6) is 5.75 Å². The van der Waals surface area contributed by atoms with Gasteiger partial charge in [0.05, 0.1) is 24.4 Å². The Morgan fingerprint density at radius 1 is 1.10 bits per heavy atom. The van der Waals surface area contributed by atoms with Crippen molar-refractivity contribution in [3.8, 4) is 17.1 Å². The molecule has 30 heavy (non-hydrogen) atoms. The highest BCUT2D eigenvalue weighted by Gasteiger charge is 2.16. The number of nitrogens with zero attached hydrogens (tertiary/aromatic N) is 3. The average molecular weight is 420 g/mol. The predicted molar refractivity (Wildman–Crippen MR) is 116 cm³/mol. The molecule has 2 heterocycles. The summed E-state index contributed by atoms with van der Waals surface area (Å²) < 4.78 is 5.16. The van der Waals surface area contributed by atoms with E-state index in [1.165, 1.54) is 16.9 Å². The summed E-state index contributed by atoms with van der Waals surface area (Å²) in [6.45, 7) is 2.11. The molecule has 0 aliphatic carbocycles. The lowest BCUT2D eigenvalue weighted by Gasteiger charge is -2.01. The van der Waals surface area contributed by atoms with Crippen LogP contribution in [0.2, 0.25) is 0 Å². The molecule has 0 atom stereocenters. The van der Waals surface area contributed by atoms with E-state index in [-0.39, 0.29) is 12.5 Å². The van der Waals surface area contributed by atoms with Gasteiger partial charge in [-0.2, -0.15) is 5.10 Å². The topological polar surface area (TPSA) is 92.8 Å². The molecule has 7 nitrogen and oxygen atoms in total. The first-order valence-electron chi connectivity index (χ1n) is 9.46. The zero-order chi connectivity index (χ0) is 20.9. The number of aromatic amines is 1. The van der Waals surface area contributed by atoms with E-state index in [0.29, 0.717) is 22.9 Å². The Bertz CT molecular complexity index is 1140. The molecule has 1 amide bonds. The van der Waals surface area contributed by atoms with Crippen LogP contribution in [0.1, 0.15) is 31.8 Å². The molecule has 0 fully saturated rings. The SMILES string of the molecule is COc1ccc(-c2n[nH]c(CNC(=O)c3sc(Cc4ccccc4)nc3C)n2)cc1. The Morgan fingerprint density at radius 2 is 1.87 bits per heavy atom. The largest absolute Gasteiger partial charge is 0.497 e. The highest BCUT2D eigenvalue weighted by atomic mass is 32.1. The highest BCUT2D eigenvalue weighted by Crippen LogP contribution is 2.21. The quantitative estimate of drug-likeness (QED) is 0.476. The average Bonchev–Trinajstić information content (AvgIpc) is 3.39. The van der Waals surface area contributed by atoms with Crippen molar-refractivity contribution in [3.63, 3.8) is 0 Å². The molecule has 0 saturated carbocycles. The summed E-state index contributed by atoms with van der Waals surface area (Å²) in [5.41, 5.74) is 2.78. The number of aryl methyl sites for hydroxylation is 1. The minimum absolute atomic E-state index is 0.160. The Hall–Kier alpha value is -3.52. The van der Waals surface area contributed by atoms with Crippen LogP contribution in [0.3, 0.4) is 0 Å². The van der Waals surface area contributed by atoms with Crippen molar-refractivity contribution in [2.75, 3.05) is 7.11 Å². The Morgan fingerprint density at radius 3 is 2.60 bits per heavy atom. The van der Waals surface area contributed by atoms with Gasteiger partial charge in [0.1, 0.15) is 16.5 Å². The molecular formula is C22H21N5O2S. The maximum atomic E-state index is 12.6. The molecule has 4 aromatic rings. The number of carbonyl (C=O) groups excluding carboxylic acids is 1. The number of hydrogen-bond acceptors (Lipinski definition) is 6. The fraction of sp³-hybridized carbons (Fsp3) is 0.182. The first-order valence-corrected chi connectivity index (χ1v) is 10.3. The van der Waals surface area contributed by atoms with Gasteiger partial charge in [-0.25, -0.2) is 9.97 Å². The smallest absolute Gasteiger partial charge is 0.263 e. The lowest BCUT2D eigenvalue weighted by atomic mass is 10.2. The number of amides is 1.